The van der Waals surface area contributed by atoms with Crippen LogP contribution in [0.2, 0.25) is 0 Å². The van der Waals surface area contributed by atoms with E-state index in [1.807, 2.05) is 0 Å². The number of carbonyl (C=O) groups is 2. The Labute approximate surface area is 86.8 Å². The molecule has 0 spiro atoms. The van der Waals surface area contributed by atoms with Gasteiger partial charge in [-0.15, -0.1) is 8.78 Å². The molecule has 0 rings (SSSR count). The minimum absolute atomic E-state index is 0. The Morgan fingerprint density at radius 1 is 1.08 bits per heavy atom. The monoisotopic (exact) mass is 211 g/mol. The topological polar surface area (TPSA) is 66.7 Å². The minimum atomic E-state index is -2.05. The smallest absolute Gasteiger partial charge is 0.477 e. The van der Waals surface area contributed by atoms with Crippen LogP contribution in [-0.2, 0) is 8.37 Å². The van der Waals surface area contributed by atoms with Crippen LogP contribution in [-0.4, -0.2) is 12.4 Å². The van der Waals surface area contributed by atoms with Gasteiger partial charge in [0, 0.05) is 0 Å². The van der Waals surface area contributed by atoms with E-state index in [2.05, 4.69) is 12.5 Å². The van der Waals surface area contributed by atoms with E-state index < -0.39 is 12.4 Å². The zero-order chi connectivity index (χ0) is 8.69. The maximum atomic E-state index is 11.2. The van der Waals surface area contributed by atoms with Gasteiger partial charge in [0.15, 0.2) is 0 Å². The average molecular weight is 211 g/mol. The number of hydrogen-bond acceptors (Lipinski definition) is 6. The Morgan fingerprint density at radius 2 is 1.42 bits per heavy atom. The molecule has 0 aliphatic heterocycles. The SMILES string of the molecule is O=C(F)OS[N-]SOC(=O)F.[Li+]. The fourth-order valence-corrected chi connectivity index (χ4v) is 0.561. The van der Waals surface area contributed by atoms with Gasteiger partial charge in [-0.2, -0.15) is 0 Å². The standard InChI is InChI=1S/C2F2NO4S2.Li/c3-1(6)8-10-5-11-9-2(4)7;/q-1;+1. The Hall–Kier alpha value is 0.0574. The third-order valence-corrected chi connectivity index (χ3v) is 1.16. The molecule has 0 aliphatic rings. The summed E-state index contributed by atoms with van der Waals surface area (Å²) in [6.45, 7) is 0. The van der Waals surface area contributed by atoms with Crippen LogP contribution in [0.4, 0.5) is 18.4 Å². The van der Waals surface area contributed by atoms with Gasteiger partial charge in [-0.25, -0.2) is 9.59 Å². The van der Waals surface area contributed by atoms with E-state index in [0.29, 0.717) is 0 Å². The molecule has 0 unspecified atom stereocenters. The molecule has 0 aromatic rings. The van der Waals surface area contributed by atoms with Crippen LogP contribution < -0.4 is 18.9 Å². The molecule has 12 heavy (non-hydrogen) atoms. The van der Waals surface area contributed by atoms with E-state index in [9.17, 15) is 18.4 Å². The van der Waals surface area contributed by atoms with Crippen molar-refractivity contribution in [1.29, 1.82) is 0 Å². The number of halogens is 2. The van der Waals surface area contributed by atoms with Crippen LogP contribution in [0, 0.1) is 0 Å². The summed E-state index contributed by atoms with van der Waals surface area (Å²) in [7, 11) is 0. The van der Waals surface area contributed by atoms with E-state index >= 15 is 0 Å². The van der Waals surface area contributed by atoms with Gasteiger partial charge >= 0.3 is 31.3 Å². The summed E-state index contributed by atoms with van der Waals surface area (Å²) in [5.74, 6) is 0. The van der Waals surface area contributed by atoms with Crippen LogP contribution in [0.1, 0.15) is 0 Å². The molecule has 0 heterocycles. The predicted octanol–water partition coefficient (Wildman–Crippen LogP) is -0.297. The second kappa shape index (κ2) is 9.15. The molecule has 5 nitrogen and oxygen atoms in total. The molecular formula is C2F2LiNO4S2. The molecule has 0 atom stereocenters. The van der Waals surface area contributed by atoms with E-state index in [-0.39, 0.29) is 43.3 Å². The molecule has 0 aromatic carbocycles. The van der Waals surface area contributed by atoms with Gasteiger partial charge in [0.1, 0.15) is 0 Å². The molecule has 0 fully saturated rings. The molecule has 0 saturated heterocycles. The van der Waals surface area contributed by atoms with Crippen LogP contribution in [0.15, 0.2) is 0 Å². The zero-order valence-corrected chi connectivity index (χ0v) is 7.29. The van der Waals surface area contributed by atoms with Crippen molar-refractivity contribution in [3.05, 3.63) is 4.13 Å². The zero-order valence-electron chi connectivity index (χ0n) is 5.65. The van der Waals surface area contributed by atoms with Gasteiger partial charge in [0.25, 0.3) is 0 Å². The van der Waals surface area contributed by atoms with Crippen LogP contribution in [0.5, 0.6) is 0 Å². The average Bonchev–Trinajstić information content (AvgIpc) is 1.85. The Balaban J connectivity index is 0. The largest absolute Gasteiger partial charge is 1.00 e. The fourth-order valence-electron chi connectivity index (χ4n) is 0.101. The normalized spacial score (nSPS) is 8.17. The quantitative estimate of drug-likeness (QED) is 0.209. The molecule has 0 amide bonds. The number of rotatable bonds is 4. The number of nitrogens with zero attached hydrogens (tertiary/aromatic N) is 1. The van der Waals surface area contributed by atoms with Crippen molar-refractivity contribution in [2.75, 3.05) is 0 Å². The molecule has 0 saturated carbocycles. The first-order valence-corrected chi connectivity index (χ1v) is 3.29. The first kappa shape index (κ1) is 14.6. The third-order valence-electron chi connectivity index (χ3n) is 0.266. The fraction of sp³-hybridized carbons (Fsp3) is 0. The summed E-state index contributed by atoms with van der Waals surface area (Å²) in [6.07, 6.45) is -4.10. The predicted molar refractivity (Wildman–Crippen MR) is 33.7 cm³/mol. The Morgan fingerprint density at radius 3 is 1.67 bits per heavy atom. The maximum absolute atomic E-state index is 11.2. The van der Waals surface area contributed by atoms with E-state index in [1.54, 1.807) is 0 Å². The molecule has 0 aromatic heterocycles. The second-order valence-electron chi connectivity index (χ2n) is 0.866. The molecule has 10 heteroatoms. The van der Waals surface area contributed by atoms with E-state index in [4.69, 9.17) is 0 Å². The summed E-state index contributed by atoms with van der Waals surface area (Å²) < 4.78 is 32.3. The van der Waals surface area contributed by atoms with Crippen molar-refractivity contribution >= 4 is 36.9 Å². The molecule has 0 N–H and O–H groups in total. The first-order chi connectivity index (χ1) is 5.13. The van der Waals surface area contributed by atoms with Crippen molar-refractivity contribution in [3.8, 4) is 0 Å². The third kappa shape index (κ3) is 12.7. The first-order valence-electron chi connectivity index (χ1n) is 1.89. The van der Waals surface area contributed by atoms with Gasteiger partial charge < -0.3 is 12.5 Å². The molecular weight excluding hydrogens is 211 g/mol. The summed E-state index contributed by atoms with van der Waals surface area (Å²) in [6, 6.07) is 0. The van der Waals surface area contributed by atoms with Gasteiger partial charge in [-0.05, 0) is 24.5 Å². The minimum Gasteiger partial charge on any atom is -0.477 e. The van der Waals surface area contributed by atoms with E-state index in [1.165, 1.54) is 0 Å². The van der Waals surface area contributed by atoms with Crippen LogP contribution in [0.25, 0.3) is 4.13 Å². The Kier molecular flexibility index (Phi) is 11.1. The van der Waals surface area contributed by atoms with Crippen LogP contribution in [0.3, 0.4) is 0 Å². The van der Waals surface area contributed by atoms with Crippen LogP contribution >= 0.6 is 24.5 Å². The molecule has 0 radical (unpaired) electrons. The number of carbonyl (C=O) groups excluding carboxylic acids is 2. The summed E-state index contributed by atoms with van der Waals surface area (Å²) in [5.41, 5.74) is 0. The van der Waals surface area contributed by atoms with Gasteiger partial charge in [-0.3, -0.25) is 0 Å². The summed E-state index contributed by atoms with van der Waals surface area (Å²) >= 11 is 0.0457. The molecule has 0 bridgehead atoms. The maximum Gasteiger partial charge on any atom is 1.00 e. The van der Waals surface area contributed by atoms with Crippen molar-refractivity contribution in [3.63, 3.8) is 0 Å². The Bertz CT molecular complexity index is 144. The van der Waals surface area contributed by atoms with Gasteiger partial charge in [-0.1, -0.05) is 0 Å². The second-order valence-corrected chi connectivity index (χ2v) is 2.09. The van der Waals surface area contributed by atoms with Crippen molar-refractivity contribution in [2.24, 2.45) is 0 Å². The van der Waals surface area contributed by atoms with E-state index in [0.717, 1.165) is 0 Å². The van der Waals surface area contributed by atoms with Gasteiger partial charge in [0.05, 0.1) is 0 Å². The van der Waals surface area contributed by atoms with Crippen molar-refractivity contribution in [2.45, 2.75) is 0 Å². The summed E-state index contributed by atoms with van der Waals surface area (Å²) in [5, 5.41) is 0. The van der Waals surface area contributed by atoms with Crippen molar-refractivity contribution < 1.29 is 45.6 Å². The molecule has 64 valence electrons. The van der Waals surface area contributed by atoms with Gasteiger partial charge in [0.2, 0.25) is 0 Å². The summed E-state index contributed by atoms with van der Waals surface area (Å²) in [4.78, 5) is 18.8. The molecule has 0 aliphatic carbocycles. The van der Waals surface area contributed by atoms with Crippen molar-refractivity contribution in [1.82, 2.24) is 0 Å². The number of hydrogen-bond donors (Lipinski definition) is 0.